The molecule has 80 valence electrons. The largest absolute Gasteiger partial charge is 0.334 e. The van der Waals surface area contributed by atoms with E-state index in [1.165, 1.54) is 6.42 Å². The summed E-state index contributed by atoms with van der Waals surface area (Å²) in [6, 6.07) is 0.480. The Balaban J connectivity index is 1.75. The number of nitrogens with zero attached hydrogens (tertiary/aromatic N) is 1. The minimum absolute atomic E-state index is 0.135. The number of rotatable bonds is 1. The minimum atomic E-state index is 0.135. The first-order valence-electron chi connectivity index (χ1n) is 5.62. The molecule has 2 heterocycles. The Morgan fingerprint density at radius 1 is 1.29 bits per heavy atom. The van der Waals surface area contributed by atoms with E-state index in [1.807, 2.05) is 4.90 Å². The van der Waals surface area contributed by atoms with Crippen molar-refractivity contribution in [1.82, 2.24) is 15.5 Å². The molecule has 2 saturated heterocycles. The molecule has 0 aromatic heterocycles. The van der Waals surface area contributed by atoms with Gasteiger partial charge >= 0.3 is 6.03 Å². The van der Waals surface area contributed by atoms with Gasteiger partial charge in [0, 0.05) is 25.7 Å². The van der Waals surface area contributed by atoms with E-state index in [9.17, 15) is 4.79 Å². The highest BCUT2D eigenvalue weighted by Crippen LogP contribution is 2.08. The predicted molar refractivity (Wildman–Crippen MR) is 55.2 cm³/mol. The van der Waals surface area contributed by atoms with Crippen molar-refractivity contribution in [2.75, 3.05) is 26.2 Å². The van der Waals surface area contributed by atoms with Gasteiger partial charge in [-0.2, -0.15) is 0 Å². The Labute approximate surface area is 85.0 Å². The number of amides is 2. The van der Waals surface area contributed by atoms with Gasteiger partial charge < -0.3 is 15.5 Å². The molecule has 14 heavy (non-hydrogen) atoms. The van der Waals surface area contributed by atoms with Crippen LogP contribution >= 0.6 is 0 Å². The van der Waals surface area contributed by atoms with Crippen molar-refractivity contribution in [2.45, 2.75) is 31.7 Å². The van der Waals surface area contributed by atoms with Gasteiger partial charge in [-0.15, -0.1) is 0 Å². The molecule has 0 aliphatic carbocycles. The van der Waals surface area contributed by atoms with E-state index in [1.54, 1.807) is 0 Å². The van der Waals surface area contributed by atoms with Gasteiger partial charge in [0.25, 0.3) is 0 Å². The number of carbonyl (C=O) groups excluding carboxylic acids is 1. The topological polar surface area (TPSA) is 44.4 Å². The van der Waals surface area contributed by atoms with E-state index in [0.29, 0.717) is 6.04 Å². The molecule has 1 atom stereocenters. The van der Waals surface area contributed by atoms with Crippen LogP contribution in [0.2, 0.25) is 0 Å². The first kappa shape index (κ1) is 9.77. The van der Waals surface area contributed by atoms with Crippen LogP contribution in [0.1, 0.15) is 25.7 Å². The Bertz CT molecular complexity index is 196. The molecule has 0 radical (unpaired) electrons. The lowest BCUT2D eigenvalue weighted by atomic mass is 10.1. The van der Waals surface area contributed by atoms with E-state index in [-0.39, 0.29) is 6.03 Å². The third kappa shape index (κ3) is 2.38. The molecule has 0 saturated carbocycles. The van der Waals surface area contributed by atoms with Crippen LogP contribution in [0.15, 0.2) is 0 Å². The Morgan fingerprint density at radius 3 is 2.71 bits per heavy atom. The zero-order chi connectivity index (χ0) is 9.80. The molecular weight excluding hydrogens is 178 g/mol. The highest BCUT2D eigenvalue weighted by atomic mass is 16.2. The van der Waals surface area contributed by atoms with Crippen molar-refractivity contribution in [2.24, 2.45) is 0 Å². The van der Waals surface area contributed by atoms with Gasteiger partial charge in [-0.05, 0) is 32.2 Å². The van der Waals surface area contributed by atoms with Crippen LogP contribution in [0.5, 0.6) is 0 Å². The third-order valence-corrected chi connectivity index (χ3v) is 3.02. The number of hydrogen-bond acceptors (Lipinski definition) is 2. The van der Waals surface area contributed by atoms with E-state index >= 15 is 0 Å². The SMILES string of the molecule is O=C(N[C@@H]1CCCNC1)N1CCCC1. The van der Waals surface area contributed by atoms with Crippen LogP contribution in [0.25, 0.3) is 0 Å². The maximum Gasteiger partial charge on any atom is 0.317 e. The summed E-state index contributed by atoms with van der Waals surface area (Å²) >= 11 is 0. The minimum Gasteiger partial charge on any atom is -0.334 e. The highest BCUT2D eigenvalue weighted by molar-refractivity contribution is 5.74. The molecule has 2 aliphatic heterocycles. The summed E-state index contributed by atoms with van der Waals surface area (Å²) in [5.74, 6) is 0. The third-order valence-electron chi connectivity index (χ3n) is 3.02. The number of carbonyl (C=O) groups is 1. The molecular formula is C10H19N3O. The molecule has 0 spiro atoms. The molecule has 0 unspecified atom stereocenters. The van der Waals surface area contributed by atoms with Crippen molar-refractivity contribution < 1.29 is 4.79 Å². The second-order valence-corrected chi connectivity index (χ2v) is 4.19. The summed E-state index contributed by atoms with van der Waals surface area (Å²) in [4.78, 5) is 13.6. The summed E-state index contributed by atoms with van der Waals surface area (Å²) in [6.45, 7) is 3.90. The van der Waals surface area contributed by atoms with Gasteiger partial charge in [0.05, 0.1) is 0 Å². The van der Waals surface area contributed by atoms with E-state index < -0.39 is 0 Å². The summed E-state index contributed by atoms with van der Waals surface area (Å²) in [6.07, 6.45) is 4.62. The van der Waals surface area contributed by atoms with Crippen LogP contribution < -0.4 is 10.6 Å². The fraction of sp³-hybridized carbons (Fsp3) is 0.900. The zero-order valence-electron chi connectivity index (χ0n) is 8.59. The lowest BCUT2D eigenvalue weighted by Gasteiger charge is -2.26. The molecule has 4 nitrogen and oxygen atoms in total. The average molecular weight is 197 g/mol. The van der Waals surface area contributed by atoms with Gasteiger partial charge in [-0.1, -0.05) is 0 Å². The number of hydrogen-bond donors (Lipinski definition) is 2. The second kappa shape index (κ2) is 4.64. The molecule has 0 bridgehead atoms. The summed E-state index contributed by atoms with van der Waals surface area (Å²) < 4.78 is 0. The molecule has 2 aliphatic rings. The van der Waals surface area contributed by atoms with Crippen LogP contribution in [-0.4, -0.2) is 43.2 Å². The normalized spacial score (nSPS) is 27.7. The zero-order valence-corrected chi connectivity index (χ0v) is 8.59. The van der Waals surface area contributed by atoms with E-state index in [4.69, 9.17) is 0 Å². The lowest BCUT2D eigenvalue weighted by molar-refractivity contribution is 0.201. The molecule has 2 fully saturated rings. The number of nitrogens with one attached hydrogen (secondary N) is 2. The molecule has 0 aromatic carbocycles. The van der Waals surface area contributed by atoms with Crippen molar-refractivity contribution in [3.05, 3.63) is 0 Å². The number of urea groups is 1. The fourth-order valence-corrected chi connectivity index (χ4v) is 2.16. The predicted octanol–water partition coefficient (Wildman–Crippen LogP) is 0.544. The Kier molecular flexibility index (Phi) is 3.24. The van der Waals surface area contributed by atoms with E-state index in [0.717, 1.165) is 45.4 Å². The first-order valence-corrected chi connectivity index (χ1v) is 5.62. The van der Waals surface area contributed by atoms with Gasteiger partial charge in [0.2, 0.25) is 0 Å². The Morgan fingerprint density at radius 2 is 2.07 bits per heavy atom. The van der Waals surface area contributed by atoms with Crippen molar-refractivity contribution in [3.8, 4) is 0 Å². The first-order chi connectivity index (χ1) is 6.86. The van der Waals surface area contributed by atoms with Crippen LogP contribution in [0, 0.1) is 0 Å². The van der Waals surface area contributed by atoms with Gasteiger partial charge in [0.1, 0.15) is 0 Å². The molecule has 0 aromatic rings. The average Bonchev–Trinajstić information content (AvgIpc) is 2.72. The van der Waals surface area contributed by atoms with Gasteiger partial charge in [-0.25, -0.2) is 4.79 Å². The molecule has 2 N–H and O–H groups in total. The van der Waals surface area contributed by atoms with Crippen molar-refractivity contribution in [1.29, 1.82) is 0 Å². The summed E-state index contributed by atoms with van der Waals surface area (Å²) in [5, 5.41) is 6.38. The van der Waals surface area contributed by atoms with Crippen LogP contribution in [-0.2, 0) is 0 Å². The highest BCUT2D eigenvalue weighted by Gasteiger charge is 2.21. The van der Waals surface area contributed by atoms with Crippen LogP contribution in [0.3, 0.4) is 0 Å². The van der Waals surface area contributed by atoms with Crippen molar-refractivity contribution in [3.63, 3.8) is 0 Å². The Hall–Kier alpha value is -0.770. The number of likely N-dealkylation sites (tertiary alicyclic amines) is 1. The summed E-state index contributed by atoms with van der Waals surface area (Å²) in [5.41, 5.74) is 0. The smallest absolute Gasteiger partial charge is 0.317 e. The quantitative estimate of drug-likeness (QED) is 0.644. The lowest BCUT2D eigenvalue weighted by Crippen LogP contribution is -2.49. The van der Waals surface area contributed by atoms with Crippen LogP contribution in [0.4, 0.5) is 4.79 Å². The number of piperidine rings is 1. The van der Waals surface area contributed by atoms with Gasteiger partial charge in [0.15, 0.2) is 0 Å². The molecule has 4 heteroatoms. The summed E-state index contributed by atoms with van der Waals surface area (Å²) in [7, 11) is 0. The maximum absolute atomic E-state index is 11.7. The van der Waals surface area contributed by atoms with Crippen molar-refractivity contribution >= 4 is 6.03 Å². The van der Waals surface area contributed by atoms with Gasteiger partial charge in [-0.3, -0.25) is 0 Å². The van der Waals surface area contributed by atoms with E-state index in [2.05, 4.69) is 10.6 Å². The maximum atomic E-state index is 11.7. The molecule has 2 amide bonds. The monoisotopic (exact) mass is 197 g/mol. The second-order valence-electron chi connectivity index (χ2n) is 4.19. The fourth-order valence-electron chi connectivity index (χ4n) is 2.16. The standard InChI is InChI=1S/C10H19N3O/c14-10(13-6-1-2-7-13)12-9-4-3-5-11-8-9/h9,11H,1-8H2,(H,12,14)/t9-/m1/s1. The molecule has 2 rings (SSSR count).